The van der Waals surface area contributed by atoms with Crippen LogP contribution in [0.3, 0.4) is 0 Å². The Morgan fingerprint density at radius 3 is 1.78 bits per heavy atom. The second kappa shape index (κ2) is 8.61. The Balaban J connectivity index is 3.47. The van der Waals surface area contributed by atoms with Crippen LogP contribution in [-0.2, 0) is 14.9 Å². The molecule has 0 aliphatic heterocycles. The number of methoxy groups -OCH3 is 3. The van der Waals surface area contributed by atoms with E-state index in [9.17, 15) is 5.26 Å². The molecular weight excluding hydrogens is 298 g/mol. The summed E-state index contributed by atoms with van der Waals surface area (Å²) in [4.78, 5) is 0. The predicted molar refractivity (Wildman–Crippen MR) is 86.1 cm³/mol. The van der Waals surface area contributed by atoms with Gasteiger partial charge in [-0.1, -0.05) is 0 Å². The Hall–Kier alpha value is -1.97. The lowest BCUT2D eigenvalue weighted by molar-refractivity contribution is -0.162. The van der Waals surface area contributed by atoms with Gasteiger partial charge in [-0.15, -0.1) is 0 Å². The Morgan fingerprint density at radius 1 is 1.00 bits per heavy atom. The zero-order chi connectivity index (χ0) is 17.5. The van der Waals surface area contributed by atoms with E-state index in [1.54, 1.807) is 19.1 Å². The molecule has 0 heterocycles. The van der Waals surface area contributed by atoms with Crippen molar-refractivity contribution in [1.82, 2.24) is 0 Å². The maximum absolute atomic E-state index is 9.79. The van der Waals surface area contributed by atoms with E-state index in [2.05, 4.69) is 6.07 Å². The van der Waals surface area contributed by atoms with Gasteiger partial charge < -0.3 is 23.7 Å². The van der Waals surface area contributed by atoms with Crippen LogP contribution in [0.5, 0.6) is 17.2 Å². The van der Waals surface area contributed by atoms with Crippen molar-refractivity contribution in [2.45, 2.75) is 32.5 Å². The molecule has 128 valence electrons. The van der Waals surface area contributed by atoms with Crippen molar-refractivity contribution in [1.29, 1.82) is 5.26 Å². The largest absolute Gasteiger partial charge is 0.493 e. The van der Waals surface area contributed by atoms with Gasteiger partial charge >= 0.3 is 0 Å². The molecule has 0 fully saturated rings. The summed E-state index contributed by atoms with van der Waals surface area (Å²) in [6, 6.07) is 5.79. The molecule has 1 atom stereocenters. The average molecular weight is 323 g/mol. The quantitative estimate of drug-likeness (QED) is 0.651. The van der Waals surface area contributed by atoms with E-state index in [-0.39, 0.29) is 0 Å². The van der Waals surface area contributed by atoms with E-state index in [0.29, 0.717) is 36.0 Å². The molecule has 6 heteroatoms. The number of hydrogen-bond donors (Lipinski definition) is 0. The molecule has 23 heavy (non-hydrogen) atoms. The molecule has 1 rings (SSSR count). The molecule has 0 saturated heterocycles. The Bertz CT molecular complexity index is 523. The number of rotatable bonds is 9. The fourth-order valence-electron chi connectivity index (χ4n) is 2.32. The minimum Gasteiger partial charge on any atom is -0.493 e. The Morgan fingerprint density at radius 2 is 1.48 bits per heavy atom. The van der Waals surface area contributed by atoms with Crippen LogP contribution in [-0.4, -0.2) is 40.8 Å². The molecule has 0 amide bonds. The molecule has 1 unspecified atom stereocenters. The standard InChI is InChI=1S/C17H25NO5/c1-7-22-16(23-8-2)17(3,11-18)12-9-13(19-4)15(21-6)14(10-12)20-5/h9-10,16H,7-8H2,1-6H3. The zero-order valence-corrected chi connectivity index (χ0v) is 14.6. The molecule has 6 nitrogen and oxygen atoms in total. The molecule has 0 aliphatic carbocycles. The van der Waals surface area contributed by atoms with Gasteiger partial charge in [0.15, 0.2) is 17.8 Å². The summed E-state index contributed by atoms with van der Waals surface area (Å²) in [5, 5.41) is 9.79. The molecular formula is C17H25NO5. The summed E-state index contributed by atoms with van der Waals surface area (Å²) >= 11 is 0. The lowest BCUT2D eigenvalue weighted by Crippen LogP contribution is -2.39. The fraction of sp³-hybridized carbons (Fsp3) is 0.588. The molecule has 0 spiro atoms. The van der Waals surface area contributed by atoms with Crippen LogP contribution in [0.15, 0.2) is 12.1 Å². The highest BCUT2D eigenvalue weighted by molar-refractivity contribution is 5.56. The van der Waals surface area contributed by atoms with Crippen molar-refractivity contribution in [3.8, 4) is 23.3 Å². The molecule has 0 aromatic heterocycles. The second-order valence-electron chi connectivity index (χ2n) is 4.97. The summed E-state index contributed by atoms with van der Waals surface area (Å²) in [5.41, 5.74) is -0.361. The number of nitriles is 1. The van der Waals surface area contributed by atoms with Crippen LogP contribution in [0, 0.1) is 11.3 Å². The first-order valence-corrected chi connectivity index (χ1v) is 7.47. The number of hydrogen-bond acceptors (Lipinski definition) is 6. The predicted octanol–water partition coefficient (Wildman–Crippen LogP) is 2.89. The number of benzene rings is 1. The van der Waals surface area contributed by atoms with Gasteiger partial charge in [-0.05, 0) is 38.5 Å². The van der Waals surface area contributed by atoms with Crippen LogP contribution in [0.2, 0.25) is 0 Å². The van der Waals surface area contributed by atoms with Gasteiger partial charge in [0.25, 0.3) is 0 Å². The Kier molecular flexibility index (Phi) is 7.14. The maximum atomic E-state index is 9.79. The van der Waals surface area contributed by atoms with Crippen molar-refractivity contribution in [3.05, 3.63) is 17.7 Å². The monoisotopic (exact) mass is 323 g/mol. The van der Waals surface area contributed by atoms with Gasteiger partial charge in [0.1, 0.15) is 5.41 Å². The van der Waals surface area contributed by atoms with Crippen LogP contribution >= 0.6 is 0 Å². The SMILES string of the molecule is CCOC(OCC)C(C)(C#N)c1cc(OC)c(OC)c(OC)c1. The fourth-order valence-corrected chi connectivity index (χ4v) is 2.32. The van der Waals surface area contributed by atoms with Gasteiger partial charge in [0, 0.05) is 13.2 Å². The zero-order valence-electron chi connectivity index (χ0n) is 14.6. The normalized spacial score (nSPS) is 13.3. The lowest BCUT2D eigenvalue weighted by atomic mass is 9.82. The van der Waals surface area contributed by atoms with Crippen LogP contribution < -0.4 is 14.2 Å². The lowest BCUT2D eigenvalue weighted by Gasteiger charge is -2.32. The summed E-state index contributed by atoms with van der Waals surface area (Å²) in [6.45, 7) is 6.36. The smallest absolute Gasteiger partial charge is 0.203 e. The van der Waals surface area contributed by atoms with Crippen molar-refractivity contribution < 1.29 is 23.7 Å². The minimum atomic E-state index is -1.03. The number of ether oxygens (including phenoxy) is 5. The van der Waals surface area contributed by atoms with Crippen molar-refractivity contribution in [3.63, 3.8) is 0 Å². The van der Waals surface area contributed by atoms with Crippen LogP contribution in [0.1, 0.15) is 26.3 Å². The molecule has 0 N–H and O–H groups in total. The summed E-state index contributed by atoms with van der Waals surface area (Å²) in [5.74, 6) is 1.44. The first-order valence-electron chi connectivity index (χ1n) is 7.47. The molecule has 0 aliphatic rings. The van der Waals surface area contributed by atoms with Crippen LogP contribution in [0.4, 0.5) is 0 Å². The van der Waals surface area contributed by atoms with Crippen molar-refractivity contribution in [2.75, 3.05) is 34.5 Å². The first kappa shape index (κ1) is 19.1. The maximum Gasteiger partial charge on any atom is 0.203 e. The topological polar surface area (TPSA) is 69.9 Å². The van der Waals surface area contributed by atoms with Crippen molar-refractivity contribution >= 4 is 0 Å². The highest BCUT2D eigenvalue weighted by atomic mass is 16.7. The van der Waals surface area contributed by atoms with Gasteiger partial charge in [-0.25, -0.2) is 0 Å². The molecule has 0 bridgehead atoms. The van der Waals surface area contributed by atoms with Gasteiger partial charge in [-0.3, -0.25) is 0 Å². The van der Waals surface area contributed by atoms with E-state index >= 15 is 0 Å². The van der Waals surface area contributed by atoms with E-state index in [1.165, 1.54) is 21.3 Å². The second-order valence-corrected chi connectivity index (χ2v) is 4.97. The minimum absolute atomic E-state index is 0.437. The highest BCUT2D eigenvalue weighted by Gasteiger charge is 2.39. The third-order valence-electron chi connectivity index (χ3n) is 3.60. The average Bonchev–Trinajstić information content (AvgIpc) is 2.59. The summed E-state index contributed by atoms with van der Waals surface area (Å²) in [7, 11) is 4.60. The van der Waals surface area contributed by atoms with Gasteiger partial charge in [0.2, 0.25) is 5.75 Å². The molecule has 0 radical (unpaired) electrons. The van der Waals surface area contributed by atoms with E-state index in [1.807, 2.05) is 13.8 Å². The Labute approximate surface area is 137 Å². The van der Waals surface area contributed by atoms with Gasteiger partial charge in [-0.2, -0.15) is 5.26 Å². The first-order chi connectivity index (χ1) is 11.0. The summed E-state index contributed by atoms with van der Waals surface area (Å²) in [6.07, 6.45) is -0.703. The van der Waals surface area contributed by atoms with Gasteiger partial charge in [0.05, 0.1) is 27.4 Å². The molecule has 1 aromatic carbocycles. The molecule has 0 saturated carbocycles. The van der Waals surface area contributed by atoms with Crippen LogP contribution in [0.25, 0.3) is 0 Å². The number of nitrogens with zero attached hydrogens (tertiary/aromatic N) is 1. The van der Waals surface area contributed by atoms with Crippen molar-refractivity contribution in [2.24, 2.45) is 0 Å². The molecule has 1 aromatic rings. The third-order valence-corrected chi connectivity index (χ3v) is 3.60. The van der Waals surface area contributed by atoms with E-state index in [4.69, 9.17) is 23.7 Å². The van der Waals surface area contributed by atoms with E-state index < -0.39 is 11.7 Å². The third kappa shape index (κ3) is 3.87. The van der Waals surface area contributed by atoms with E-state index in [0.717, 1.165) is 0 Å². The summed E-state index contributed by atoms with van der Waals surface area (Å²) < 4.78 is 27.3. The highest BCUT2D eigenvalue weighted by Crippen LogP contribution is 2.42.